The van der Waals surface area contributed by atoms with Crippen LogP contribution in [-0.4, -0.2) is 31.3 Å². The summed E-state index contributed by atoms with van der Waals surface area (Å²) in [5, 5.41) is 13.8. The lowest BCUT2D eigenvalue weighted by molar-refractivity contribution is 0.621. The fourth-order valence-corrected chi connectivity index (χ4v) is 4.18. The maximum atomic E-state index is 5.02. The molecule has 5 rings (SSSR count). The largest absolute Gasteiger partial charge is 0.256 e. The van der Waals surface area contributed by atoms with Gasteiger partial charge in [-0.2, -0.15) is 9.78 Å². The van der Waals surface area contributed by atoms with Crippen LogP contribution in [0.4, 0.5) is 5.69 Å². The molecule has 0 saturated heterocycles. The number of hydrogen-bond acceptors (Lipinski definition) is 5. The van der Waals surface area contributed by atoms with Crippen LogP contribution in [0.25, 0.3) is 11.4 Å². The van der Waals surface area contributed by atoms with Gasteiger partial charge in [0.25, 0.3) is 0 Å². The molecule has 0 amide bonds. The third-order valence-electron chi connectivity index (χ3n) is 6.07. The van der Waals surface area contributed by atoms with E-state index in [0.29, 0.717) is 23.3 Å². The number of benzene rings is 2. The fraction of sp³-hybridized carbons (Fsp3) is 0.222. The van der Waals surface area contributed by atoms with Crippen LogP contribution in [0.5, 0.6) is 0 Å². The van der Waals surface area contributed by atoms with Gasteiger partial charge in [0, 0.05) is 22.7 Å². The summed E-state index contributed by atoms with van der Waals surface area (Å²) in [6.07, 6.45) is 2.15. The smallest absolute Gasteiger partial charge is 0.206 e. The Morgan fingerprint density at radius 3 is 2.06 bits per heavy atom. The number of nitrogens with zero attached hydrogens (tertiary/aromatic N) is 6. The minimum Gasteiger partial charge on any atom is -0.256 e. The highest BCUT2D eigenvalue weighted by molar-refractivity contribution is 6.54. The van der Waals surface area contributed by atoms with Gasteiger partial charge < -0.3 is 0 Å². The number of aryl methyl sites for hydroxylation is 1. The molecule has 6 nitrogen and oxygen atoms in total. The van der Waals surface area contributed by atoms with Gasteiger partial charge in [-0.25, -0.2) is 4.99 Å². The van der Waals surface area contributed by atoms with E-state index in [2.05, 4.69) is 36.2 Å². The Labute approximate surface area is 193 Å². The van der Waals surface area contributed by atoms with E-state index >= 15 is 0 Å². The van der Waals surface area contributed by atoms with Crippen molar-refractivity contribution in [2.45, 2.75) is 39.5 Å². The summed E-state index contributed by atoms with van der Waals surface area (Å²) >= 11 is 0. The molecule has 0 radical (unpaired) electrons. The van der Waals surface area contributed by atoms with Gasteiger partial charge in [-0.05, 0) is 31.9 Å². The zero-order valence-corrected chi connectivity index (χ0v) is 19.1. The first kappa shape index (κ1) is 20.9. The van der Waals surface area contributed by atoms with E-state index in [-0.39, 0.29) is 0 Å². The Kier molecular flexibility index (Phi) is 5.65. The van der Waals surface area contributed by atoms with Crippen LogP contribution < -0.4 is 0 Å². The average Bonchev–Trinajstić information content (AvgIpc) is 3.43. The van der Waals surface area contributed by atoms with Gasteiger partial charge in [0.15, 0.2) is 5.82 Å². The molecule has 6 heteroatoms. The first-order valence-electron chi connectivity index (χ1n) is 11.4. The molecule has 0 aliphatic carbocycles. The van der Waals surface area contributed by atoms with Crippen LogP contribution in [0, 0.1) is 6.92 Å². The van der Waals surface area contributed by atoms with Crippen molar-refractivity contribution in [1.82, 2.24) is 19.9 Å². The third kappa shape index (κ3) is 3.89. The molecule has 1 aliphatic heterocycles. The zero-order chi connectivity index (χ0) is 22.8. The van der Waals surface area contributed by atoms with E-state index in [1.165, 1.54) is 0 Å². The van der Waals surface area contributed by atoms with Crippen molar-refractivity contribution < 1.29 is 0 Å². The van der Waals surface area contributed by atoms with Gasteiger partial charge in [0.2, 0.25) is 5.82 Å². The van der Waals surface area contributed by atoms with Gasteiger partial charge in [0.1, 0.15) is 11.4 Å². The molecule has 0 spiro atoms. The van der Waals surface area contributed by atoms with Crippen molar-refractivity contribution in [3.8, 4) is 11.4 Å². The van der Waals surface area contributed by atoms with Crippen molar-refractivity contribution in [2.75, 3.05) is 0 Å². The van der Waals surface area contributed by atoms with E-state index in [0.717, 1.165) is 46.8 Å². The van der Waals surface area contributed by atoms with Gasteiger partial charge in [-0.3, -0.25) is 4.98 Å². The van der Waals surface area contributed by atoms with Crippen LogP contribution in [0.3, 0.4) is 0 Å². The van der Waals surface area contributed by atoms with Crippen LogP contribution in [0.15, 0.2) is 82.9 Å². The molecule has 0 unspecified atom stereocenters. The number of hydrogen-bond donors (Lipinski definition) is 0. The summed E-state index contributed by atoms with van der Waals surface area (Å²) < 4.78 is 1.79. The molecule has 0 N–H and O–H groups in total. The first-order valence-corrected chi connectivity index (χ1v) is 11.4. The lowest BCUT2D eigenvalue weighted by Crippen LogP contribution is -2.14. The second-order valence-corrected chi connectivity index (χ2v) is 8.15. The highest BCUT2D eigenvalue weighted by Gasteiger charge is 2.30. The van der Waals surface area contributed by atoms with Crippen LogP contribution in [0.2, 0.25) is 0 Å². The lowest BCUT2D eigenvalue weighted by atomic mass is 9.98. The Balaban J connectivity index is 1.63. The molecule has 164 valence electrons. The van der Waals surface area contributed by atoms with E-state index < -0.39 is 0 Å². The van der Waals surface area contributed by atoms with Gasteiger partial charge >= 0.3 is 0 Å². The molecule has 0 bridgehead atoms. The summed E-state index contributed by atoms with van der Waals surface area (Å²) in [6, 6.07) is 24.2. The number of aliphatic imine (C=N–C) groups is 1. The van der Waals surface area contributed by atoms with Gasteiger partial charge in [0.05, 0.1) is 11.4 Å². The highest BCUT2D eigenvalue weighted by atomic mass is 15.5. The van der Waals surface area contributed by atoms with Crippen molar-refractivity contribution in [3.05, 3.63) is 95.6 Å². The van der Waals surface area contributed by atoms with Crippen molar-refractivity contribution in [3.63, 3.8) is 0 Å². The van der Waals surface area contributed by atoms with E-state index in [9.17, 15) is 0 Å². The van der Waals surface area contributed by atoms with Crippen LogP contribution >= 0.6 is 0 Å². The Morgan fingerprint density at radius 1 is 0.788 bits per heavy atom. The molecule has 0 atom stereocenters. The third-order valence-corrected chi connectivity index (χ3v) is 6.07. The normalized spacial score (nSPS) is 14.1. The Hall–Kier alpha value is -3.93. The van der Waals surface area contributed by atoms with E-state index in [4.69, 9.17) is 15.1 Å². The second kappa shape index (κ2) is 8.90. The summed E-state index contributed by atoms with van der Waals surface area (Å²) in [5.41, 5.74) is 6.28. The monoisotopic (exact) mass is 434 g/mol. The number of aromatic nitrogens is 4. The molecule has 3 heterocycles. The standard InChI is InChI=1S/C27H26N6/c1-4-19(5-2)23-17-16-22(18(3)28-23)29-25-24(20-12-8-6-9-13-20)32-33-26(30-31-27(25)33)21-14-10-7-11-15-21/h6-17,19H,4-5H2,1-3H3. The van der Waals surface area contributed by atoms with Gasteiger partial charge in [-0.15, -0.1) is 10.2 Å². The first-order chi connectivity index (χ1) is 16.2. The maximum Gasteiger partial charge on any atom is 0.206 e. The van der Waals surface area contributed by atoms with Gasteiger partial charge in [-0.1, -0.05) is 74.5 Å². The number of rotatable bonds is 6. The molecule has 4 aromatic rings. The minimum atomic E-state index is 0.467. The van der Waals surface area contributed by atoms with E-state index in [1.807, 2.05) is 67.6 Å². The Morgan fingerprint density at radius 2 is 1.42 bits per heavy atom. The molecule has 1 aliphatic rings. The molecule has 2 aromatic heterocycles. The highest BCUT2D eigenvalue weighted by Crippen LogP contribution is 2.29. The predicted molar refractivity (Wildman–Crippen MR) is 132 cm³/mol. The van der Waals surface area contributed by atoms with Crippen LogP contribution in [-0.2, 0) is 0 Å². The molecular weight excluding hydrogens is 408 g/mol. The zero-order valence-electron chi connectivity index (χ0n) is 19.1. The Bertz CT molecular complexity index is 1330. The quantitative estimate of drug-likeness (QED) is 0.377. The second-order valence-electron chi connectivity index (χ2n) is 8.15. The van der Waals surface area contributed by atoms with Crippen molar-refractivity contribution in [2.24, 2.45) is 10.1 Å². The van der Waals surface area contributed by atoms with Crippen molar-refractivity contribution in [1.29, 1.82) is 0 Å². The summed E-state index contributed by atoms with van der Waals surface area (Å²) in [5.74, 6) is 1.80. The lowest BCUT2D eigenvalue weighted by Gasteiger charge is -2.13. The predicted octanol–water partition coefficient (Wildman–Crippen LogP) is 5.94. The fourth-order valence-electron chi connectivity index (χ4n) is 4.18. The summed E-state index contributed by atoms with van der Waals surface area (Å²) in [6.45, 7) is 6.43. The topological polar surface area (TPSA) is 68.3 Å². The summed E-state index contributed by atoms with van der Waals surface area (Å²) in [4.78, 5) is 9.89. The molecular formula is C27H26N6. The molecule has 2 aromatic carbocycles. The summed E-state index contributed by atoms with van der Waals surface area (Å²) in [7, 11) is 0. The number of pyridine rings is 1. The maximum absolute atomic E-state index is 5.02. The van der Waals surface area contributed by atoms with Crippen molar-refractivity contribution >= 4 is 17.1 Å². The molecule has 33 heavy (non-hydrogen) atoms. The minimum absolute atomic E-state index is 0.467. The molecule has 0 saturated carbocycles. The van der Waals surface area contributed by atoms with Crippen LogP contribution in [0.1, 0.15) is 55.4 Å². The van der Waals surface area contributed by atoms with E-state index in [1.54, 1.807) is 4.68 Å². The number of fused-ring (bicyclic) bond motifs is 1. The molecule has 0 fully saturated rings. The SMILES string of the molecule is CCC(CC)c1ccc(N=C2C(c3ccccc3)=Nn3c2nnc3-c2ccccc2)c(C)n1. The average molecular weight is 435 g/mol.